The fourth-order valence-corrected chi connectivity index (χ4v) is 2.68. The van der Waals surface area contributed by atoms with Crippen LogP contribution in [0.5, 0.6) is 11.5 Å². The van der Waals surface area contributed by atoms with E-state index < -0.39 is 0 Å². The van der Waals surface area contributed by atoms with Crippen LogP contribution in [-0.4, -0.2) is 15.6 Å². The molecule has 2 aromatic carbocycles. The molecule has 3 aromatic rings. The molecular weight excluding hydrogens is 278 g/mol. The number of aromatic nitrogens is 1. The monoisotopic (exact) mass is 295 g/mol. The SMILES string of the molecule is CC(=O)Oc1c(C)n(Cc2ccccc2)c2cc(O)ccc12. The van der Waals surface area contributed by atoms with Gasteiger partial charge in [-0.15, -0.1) is 0 Å². The van der Waals surface area contributed by atoms with Crippen molar-refractivity contribution in [3.63, 3.8) is 0 Å². The summed E-state index contributed by atoms with van der Waals surface area (Å²) in [4.78, 5) is 11.4. The average molecular weight is 295 g/mol. The molecule has 0 bridgehead atoms. The quantitative estimate of drug-likeness (QED) is 0.751. The van der Waals surface area contributed by atoms with Crippen LogP contribution in [0.3, 0.4) is 0 Å². The highest BCUT2D eigenvalue weighted by atomic mass is 16.5. The van der Waals surface area contributed by atoms with Crippen LogP contribution in [0.4, 0.5) is 0 Å². The Balaban J connectivity index is 2.17. The average Bonchev–Trinajstić information content (AvgIpc) is 2.73. The van der Waals surface area contributed by atoms with E-state index in [-0.39, 0.29) is 11.7 Å². The van der Waals surface area contributed by atoms with Gasteiger partial charge in [0.05, 0.1) is 11.2 Å². The summed E-state index contributed by atoms with van der Waals surface area (Å²) in [5.74, 6) is 0.391. The molecule has 22 heavy (non-hydrogen) atoms. The van der Waals surface area contributed by atoms with E-state index in [1.807, 2.05) is 41.8 Å². The van der Waals surface area contributed by atoms with Gasteiger partial charge in [0.25, 0.3) is 0 Å². The molecule has 0 unspecified atom stereocenters. The van der Waals surface area contributed by atoms with Gasteiger partial charge in [0, 0.05) is 24.9 Å². The van der Waals surface area contributed by atoms with E-state index >= 15 is 0 Å². The summed E-state index contributed by atoms with van der Waals surface area (Å²) in [6.07, 6.45) is 0. The molecule has 4 nitrogen and oxygen atoms in total. The van der Waals surface area contributed by atoms with Crippen LogP contribution in [0.25, 0.3) is 10.9 Å². The van der Waals surface area contributed by atoms with Crippen molar-refractivity contribution in [2.75, 3.05) is 0 Å². The van der Waals surface area contributed by atoms with Gasteiger partial charge in [-0.3, -0.25) is 4.79 Å². The molecule has 1 aromatic heterocycles. The molecule has 1 heterocycles. The third kappa shape index (κ3) is 2.55. The number of phenolic OH excluding ortho intramolecular Hbond substituents is 1. The van der Waals surface area contributed by atoms with E-state index in [0.29, 0.717) is 12.3 Å². The summed E-state index contributed by atoms with van der Waals surface area (Å²) in [6, 6.07) is 15.1. The Morgan fingerprint density at radius 2 is 1.91 bits per heavy atom. The molecule has 1 N–H and O–H groups in total. The maximum atomic E-state index is 11.4. The lowest BCUT2D eigenvalue weighted by Crippen LogP contribution is -2.05. The van der Waals surface area contributed by atoms with Crippen LogP contribution in [0.15, 0.2) is 48.5 Å². The van der Waals surface area contributed by atoms with Crippen LogP contribution in [0.1, 0.15) is 18.2 Å². The number of rotatable bonds is 3. The predicted molar refractivity (Wildman–Crippen MR) is 85.2 cm³/mol. The molecule has 0 saturated heterocycles. The van der Waals surface area contributed by atoms with Gasteiger partial charge in [0.2, 0.25) is 0 Å². The molecule has 0 aliphatic heterocycles. The molecule has 0 amide bonds. The van der Waals surface area contributed by atoms with Crippen molar-refractivity contribution in [3.05, 3.63) is 59.8 Å². The Hall–Kier alpha value is -2.75. The second-order valence-electron chi connectivity index (χ2n) is 5.28. The lowest BCUT2D eigenvalue weighted by molar-refractivity contribution is -0.131. The van der Waals surface area contributed by atoms with Crippen LogP contribution in [0, 0.1) is 6.92 Å². The molecule has 0 saturated carbocycles. The molecule has 3 rings (SSSR count). The number of fused-ring (bicyclic) bond motifs is 1. The van der Waals surface area contributed by atoms with Gasteiger partial charge in [0.1, 0.15) is 5.75 Å². The summed E-state index contributed by atoms with van der Waals surface area (Å²) in [6.45, 7) is 3.95. The van der Waals surface area contributed by atoms with Gasteiger partial charge in [-0.2, -0.15) is 0 Å². The second kappa shape index (κ2) is 5.56. The van der Waals surface area contributed by atoms with Gasteiger partial charge >= 0.3 is 5.97 Å². The van der Waals surface area contributed by atoms with E-state index in [9.17, 15) is 9.90 Å². The Morgan fingerprint density at radius 1 is 1.18 bits per heavy atom. The zero-order chi connectivity index (χ0) is 15.7. The topological polar surface area (TPSA) is 51.5 Å². The fourth-order valence-electron chi connectivity index (χ4n) is 2.68. The lowest BCUT2D eigenvalue weighted by atomic mass is 10.2. The highest BCUT2D eigenvalue weighted by molar-refractivity contribution is 5.91. The number of ether oxygens (including phenoxy) is 1. The molecule has 0 aliphatic rings. The molecule has 0 atom stereocenters. The number of nitrogens with zero attached hydrogens (tertiary/aromatic N) is 1. The normalized spacial score (nSPS) is 10.8. The van der Waals surface area contributed by atoms with Crippen molar-refractivity contribution in [3.8, 4) is 11.5 Å². The highest BCUT2D eigenvalue weighted by Gasteiger charge is 2.17. The van der Waals surface area contributed by atoms with E-state index in [2.05, 4.69) is 0 Å². The fraction of sp³-hybridized carbons (Fsp3) is 0.167. The molecule has 4 heteroatoms. The van der Waals surface area contributed by atoms with Gasteiger partial charge in [-0.25, -0.2) is 0 Å². The van der Waals surface area contributed by atoms with Crippen molar-refractivity contribution in [2.45, 2.75) is 20.4 Å². The number of benzene rings is 2. The zero-order valence-corrected chi connectivity index (χ0v) is 12.5. The summed E-state index contributed by atoms with van der Waals surface area (Å²) in [7, 11) is 0. The first-order valence-electron chi connectivity index (χ1n) is 7.10. The number of carbonyl (C=O) groups is 1. The summed E-state index contributed by atoms with van der Waals surface area (Å²) >= 11 is 0. The summed E-state index contributed by atoms with van der Waals surface area (Å²) in [5, 5.41) is 10.6. The molecule has 0 spiro atoms. The maximum absolute atomic E-state index is 11.4. The highest BCUT2D eigenvalue weighted by Crippen LogP contribution is 2.35. The molecule has 0 radical (unpaired) electrons. The number of esters is 1. The minimum Gasteiger partial charge on any atom is -0.508 e. The number of hydrogen-bond acceptors (Lipinski definition) is 3. The van der Waals surface area contributed by atoms with Crippen molar-refractivity contribution in [2.24, 2.45) is 0 Å². The van der Waals surface area contributed by atoms with Gasteiger partial charge in [-0.05, 0) is 24.6 Å². The van der Waals surface area contributed by atoms with Gasteiger partial charge in [0.15, 0.2) is 5.75 Å². The minimum absolute atomic E-state index is 0.189. The zero-order valence-electron chi connectivity index (χ0n) is 12.5. The van der Waals surface area contributed by atoms with Crippen molar-refractivity contribution < 1.29 is 14.6 Å². The number of phenols is 1. The number of aromatic hydroxyl groups is 1. The van der Waals surface area contributed by atoms with Crippen molar-refractivity contribution >= 4 is 16.9 Å². The second-order valence-corrected chi connectivity index (χ2v) is 5.28. The third-order valence-corrected chi connectivity index (χ3v) is 3.68. The van der Waals surface area contributed by atoms with E-state index in [4.69, 9.17) is 4.74 Å². The Kier molecular flexibility index (Phi) is 3.59. The first-order chi connectivity index (χ1) is 10.6. The van der Waals surface area contributed by atoms with Crippen LogP contribution >= 0.6 is 0 Å². The minimum atomic E-state index is -0.352. The number of hydrogen-bond donors (Lipinski definition) is 1. The van der Waals surface area contributed by atoms with Crippen molar-refractivity contribution in [1.29, 1.82) is 0 Å². The summed E-state index contributed by atoms with van der Waals surface area (Å²) in [5.41, 5.74) is 2.84. The molecule has 0 aliphatic carbocycles. The first kappa shape index (κ1) is 14.2. The summed E-state index contributed by atoms with van der Waals surface area (Å²) < 4.78 is 7.42. The van der Waals surface area contributed by atoms with Crippen LogP contribution in [0.2, 0.25) is 0 Å². The third-order valence-electron chi connectivity index (χ3n) is 3.68. The smallest absolute Gasteiger partial charge is 0.308 e. The van der Waals surface area contributed by atoms with Crippen LogP contribution < -0.4 is 4.74 Å². The van der Waals surface area contributed by atoms with Gasteiger partial charge < -0.3 is 14.4 Å². The Morgan fingerprint density at radius 3 is 2.59 bits per heavy atom. The van der Waals surface area contributed by atoms with E-state index in [1.54, 1.807) is 18.2 Å². The van der Waals surface area contributed by atoms with E-state index in [1.165, 1.54) is 6.92 Å². The van der Waals surface area contributed by atoms with Crippen molar-refractivity contribution in [1.82, 2.24) is 4.57 Å². The maximum Gasteiger partial charge on any atom is 0.308 e. The molecular formula is C18H17NO3. The molecule has 112 valence electrons. The lowest BCUT2D eigenvalue weighted by Gasteiger charge is -2.08. The standard InChI is InChI=1S/C18H17NO3/c1-12-18(22-13(2)20)16-9-8-15(21)10-17(16)19(12)11-14-6-4-3-5-7-14/h3-10,21H,11H2,1-2H3. The molecule has 0 fully saturated rings. The number of carbonyl (C=O) groups excluding carboxylic acids is 1. The Labute approximate surface area is 128 Å². The largest absolute Gasteiger partial charge is 0.508 e. The van der Waals surface area contributed by atoms with Gasteiger partial charge in [-0.1, -0.05) is 30.3 Å². The Bertz CT molecular complexity index is 834. The van der Waals surface area contributed by atoms with Crippen LogP contribution in [-0.2, 0) is 11.3 Å². The van der Waals surface area contributed by atoms with E-state index in [0.717, 1.165) is 22.2 Å². The predicted octanol–water partition coefficient (Wildman–Crippen LogP) is 3.63. The first-order valence-corrected chi connectivity index (χ1v) is 7.10.